The highest BCUT2D eigenvalue weighted by Gasteiger charge is 2.14. The van der Waals surface area contributed by atoms with E-state index in [-0.39, 0.29) is 32.3 Å². The molecule has 0 unspecified atom stereocenters. The minimum atomic E-state index is -0.287. The zero-order valence-electron chi connectivity index (χ0n) is 11.0. The third kappa shape index (κ3) is 2.90. The second-order valence-electron chi connectivity index (χ2n) is 4.41. The van der Waals surface area contributed by atoms with E-state index in [0.29, 0.717) is 13.1 Å². The molecule has 0 amide bonds. The summed E-state index contributed by atoms with van der Waals surface area (Å²) in [5, 5.41) is 13.5. The maximum absolute atomic E-state index is 12.3. The Morgan fingerprint density at radius 3 is 2.80 bits per heavy atom. The van der Waals surface area contributed by atoms with Gasteiger partial charge < -0.3 is 10.4 Å². The van der Waals surface area contributed by atoms with Gasteiger partial charge in [0.25, 0.3) is 5.56 Å². The fourth-order valence-corrected chi connectivity index (χ4v) is 2.44. The number of benzene rings is 1. The molecule has 0 atom stereocenters. The molecule has 0 spiro atoms. The van der Waals surface area contributed by atoms with E-state index in [1.165, 1.54) is 17.0 Å². The number of hydrogen-bond acceptors (Lipinski definition) is 4. The van der Waals surface area contributed by atoms with E-state index in [1.807, 2.05) is 0 Å². The van der Waals surface area contributed by atoms with E-state index >= 15 is 0 Å². The van der Waals surface area contributed by atoms with Crippen molar-refractivity contribution in [3.05, 3.63) is 32.8 Å². The molecule has 7 heteroatoms. The predicted octanol–water partition coefficient (Wildman–Crippen LogP) is 2.41. The zero-order chi connectivity index (χ0) is 14.7. The van der Waals surface area contributed by atoms with Crippen molar-refractivity contribution >= 4 is 34.1 Å². The monoisotopic (exact) mass is 315 g/mol. The van der Waals surface area contributed by atoms with Gasteiger partial charge in [-0.3, -0.25) is 9.36 Å². The molecule has 2 N–H and O–H groups in total. The molecule has 0 saturated heterocycles. The Morgan fingerprint density at radius 2 is 2.10 bits per heavy atom. The first-order valence-corrected chi connectivity index (χ1v) is 7.08. The number of nitrogens with one attached hydrogen (secondary N) is 1. The molecule has 1 heterocycles. The summed E-state index contributed by atoms with van der Waals surface area (Å²) in [7, 11) is 0. The summed E-state index contributed by atoms with van der Waals surface area (Å²) in [6, 6.07) is 1.35. The van der Waals surface area contributed by atoms with E-state index in [2.05, 4.69) is 17.2 Å². The van der Waals surface area contributed by atoms with Crippen LogP contribution in [0.4, 0.5) is 0 Å². The molecule has 1 aromatic carbocycles. The van der Waals surface area contributed by atoms with Gasteiger partial charge in [0.1, 0.15) is 5.52 Å². The number of aromatic hydroxyl groups is 1. The van der Waals surface area contributed by atoms with Crippen molar-refractivity contribution in [1.29, 1.82) is 0 Å². The zero-order valence-corrected chi connectivity index (χ0v) is 12.5. The first-order valence-electron chi connectivity index (χ1n) is 6.33. The second kappa shape index (κ2) is 6.43. The molecule has 0 aliphatic carbocycles. The molecular formula is C13H15Cl2N3O2. The molecular weight excluding hydrogens is 301 g/mol. The van der Waals surface area contributed by atoms with Gasteiger partial charge in [0.2, 0.25) is 0 Å². The molecule has 1 aromatic heterocycles. The van der Waals surface area contributed by atoms with Crippen LogP contribution in [0.3, 0.4) is 0 Å². The van der Waals surface area contributed by atoms with E-state index in [4.69, 9.17) is 23.2 Å². The number of phenols is 1. The van der Waals surface area contributed by atoms with Gasteiger partial charge in [0, 0.05) is 13.1 Å². The minimum Gasteiger partial charge on any atom is -0.504 e. The average Bonchev–Trinajstić information content (AvgIpc) is 2.42. The van der Waals surface area contributed by atoms with Crippen molar-refractivity contribution < 1.29 is 5.11 Å². The van der Waals surface area contributed by atoms with Gasteiger partial charge in [-0.05, 0) is 19.0 Å². The molecule has 20 heavy (non-hydrogen) atoms. The summed E-state index contributed by atoms with van der Waals surface area (Å²) in [6.45, 7) is 4.12. The summed E-state index contributed by atoms with van der Waals surface area (Å²) in [5.41, 5.74) is -0.157. The standard InChI is InChI=1S/C13H15Cl2N3O2/c1-2-3-16-4-5-18-7-17-11-10(13(18)20)8(14)6-9(15)12(11)19/h6-7,16,19H,2-5H2,1H3. The average molecular weight is 316 g/mol. The lowest BCUT2D eigenvalue weighted by Crippen LogP contribution is -2.27. The number of fused-ring (bicyclic) bond motifs is 1. The van der Waals surface area contributed by atoms with Gasteiger partial charge in [-0.25, -0.2) is 4.98 Å². The normalized spacial score (nSPS) is 11.2. The lowest BCUT2D eigenvalue weighted by Gasteiger charge is -2.09. The molecule has 0 fully saturated rings. The first-order chi connectivity index (χ1) is 9.56. The summed E-state index contributed by atoms with van der Waals surface area (Å²) in [4.78, 5) is 16.4. The Morgan fingerprint density at radius 1 is 1.35 bits per heavy atom. The fraction of sp³-hybridized carbons (Fsp3) is 0.385. The number of halogens is 2. The Bertz CT molecular complexity index is 685. The van der Waals surface area contributed by atoms with Crippen molar-refractivity contribution in [3.63, 3.8) is 0 Å². The molecule has 2 aromatic rings. The van der Waals surface area contributed by atoms with Crippen LogP contribution in [-0.4, -0.2) is 27.7 Å². The molecule has 0 aliphatic heterocycles. The highest BCUT2D eigenvalue weighted by atomic mass is 35.5. The highest BCUT2D eigenvalue weighted by molar-refractivity contribution is 6.39. The predicted molar refractivity (Wildman–Crippen MR) is 80.8 cm³/mol. The van der Waals surface area contributed by atoms with Crippen LogP contribution in [0.2, 0.25) is 10.0 Å². The number of phenolic OH excluding ortho intramolecular Hbond substituents is 1. The Hall–Kier alpha value is -1.30. The van der Waals surface area contributed by atoms with E-state index < -0.39 is 0 Å². The summed E-state index contributed by atoms with van der Waals surface area (Å²) in [6.07, 6.45) is 2.42. The van der Waals surface area contributed by atoms with Crippen LogP contribution >= 0.6 is 23.2 Å². The van der Waals surface area contributed by atoms with Crippen molar-refractivity contribution in [2.24, 2.45) is 0 Å². The molecule has 0 saturated carbocycles. The van der Waals surface area contributed by atoms with Crippen LogP contribution in [-0.2, 0) is 6.54 Å². The van der Waals surface area contributed by atoms with Crippen molar-refractivity contribution in [3.8, 4) is 5.75 Å². The van der Waals surface area contributed by atoms with E-state index in [0.717, 1.165) is 13.0 Å². The molecule has 5 nitrogen and oxygen atoms in total. The third-order valence-corrected chi connectivity index (χ3v) is 3.52. The quantitative estimate of drug-likeness (QED) is 0.831. The first kappa shape index (κ1) is 15.1. The summed E-state index contributed by atoms with van der Waals surface area (Å²) < 4.78 is 1.46. The SMILES string of the molecule is CCCNCCn1cnc2c(O)c(Cl)cc(Cl)c2c1=O. The molecule has 108 valence electrons. The van der Waals surface area contributed by atoms with Gasteiger partial charge in [-0.15, -0.1) is 0 Å². The summed E-state index contributed by atoms with van der Waals surface area (Å²) >= 11 is 11.8. The number of nitrogens with zero attached hydrogens (tertiary/aromatic N) is 2. The maximum Gasteiger partial charge on any atom is 0.262 e. The molecule has 0 radical (unpaired) electrons. The van der Waals surface area contributed by atoms with Gasteiger partial charge in [-0.2, -0.15) is 0 Å². The van der Waals surface area contributed by atoms with E-state index in [1.54, 1.807) is 0 Å². The van der Waals surface area contributed by atoms with Crippen LogP contribution in [0.15, 0.2) is 17.2 Å². The molecule has 2 rings (SSSR count). The van der Waals surface area contributed by atoms with Crippen LogP contribution in [0.25, 0.3) is 10.9 Å². The van der Waals surface area contributed by atoms with Gasteiger partial charge in [-0.1, -0.05) is 30.1 Å². The fourth-order valence-electron chi connectivity index (χ4n) is 1.91. The third-order valence-electron chi connectivity index (χ3n) is 2.94. The van der Waals surface area contributed by atoms with Gasteiger partial charge >= 0.3 is 0 Å². The lowest BCUT2D eigenvalue weighted by atomic mass is 10.2. The second-order valence-corrected chi connectivity index (χ2v) is 5.22. The van der Waals surface area contributed by atoms with Crippen LogP contribution in [0.1, 0.15) is 13.3 Å². The Kier molecular flexibility index (Phi) is 4.86. The van der Waals surface area contributed by atoms with Crippen LogP contribution in [0, 0.1) is 0 Å². The lowest BCUT2D eigenvalue weighted by molar-refractivity contribution is 0.480. The number of rotatable bonds is 5. The van der Waals surface area contributed by atoms with Gasteiger partial charge in [0.15, 0.2) is 5.75 Å². The van der Waals surface area contributed by atoms with Crippen LogP contribution in [0.5, 0.6) is 5.75 Å². The number of aromatic nitrogens is 2. The number of hydrogen-bond donors (Lipinski definition) is 2. The summed E-state index contributed by atoms with van der Waals surface area (Å²) in [5.74, 6) is -0.223. The molecule has 0 aliphatic rings. The van der Waals surface area contributed by atoms with Crippen LogP contribution < -0.4 is 10.9 Å². The smallest absolute Gasteiger partial charge is 0.262 e. The van der Waals surface area contributed by atoms with Crippen molar-refractivity contribution in [1.82, 2.24) is 14.9 Å². The largest absolute Gasteiger partial charge is 0.504 e. The van der Waals surface area contributed by atoms with Crippen molar-refractivity contribution in [2.75, 3.05) is 13.1 Å². The van der Waals surface area contributed by atoms with E-state index in [9.17, 15) is 9.90 Å². The highest BCUT2D eigenvalue weighted by Crippen LogP contribution is 2.34. The minimum absolute atomic E-state index is 0.0803. The maximum atomic E-state index is 12.3. The Balaban J connectivity index is 2.41. The van der Waals surface area contributed by atoms with Gasteiger partial charge in [0.05, 0.1) is 21.8 Å². The Labute approximate surface area is 126 Å². The van der Waals surface area contributed by atoms with Crippen molar-refractivity contribution in [2.45, 2.75) is 19.9 Å². The molecule has 0 bridgehead atoms. The topological polar surface area (TPSA) is 67.2 Å².